The zero-order chi connectivity index (χ0) is 23.1. The van der Waals surface area contributed by atoms with Gasteiger partial charge in [-0.3, -0.25) is 4.79 Å². The normalized spacial score (nSPS) is 11.5. The fourth-order valence-electron chi connectivity index (χ4n) is 3.78. The second-order valence-corrected chi connectivity index (χ2v) is 9.74. The van der Waals surface area contributed by atoms with Crippen LogP contribution in [0.15, 0.2) is 108 Å². The summed E-state index contributed by atoms with van der Waals surface area (Å²) in [5, 5.41) is 5.06. The lowest BCUT2D eigenvalue weighted by molar-refractivity contribution is -0.121. The maximum Gasteiger partial charge on any atom is 0.243 e. The average Bonchev–Trinajstić information content (AvgIpc) is 2.86. The zero-order valence-electron chi connectivity index (χ0n) is 18.2. The monoisotopic (exact) mass is 458 g/mol. The quantitative estimate of drug-likeness (QED) is 0.405. The molecule has 1 N–H and O–H groups in total. The number of sulfonamides is 1. The van der Waals surface area contributed by atoms with Gasteiger partial charge in [0.1, 0.15) is 0 Å². The van der Waals surface area contributed by atoms with Crippen molar-refractivity contribution in [3.8, 4) is 0 Å². The van der Waals surface area contributed by atoms with Gasteiger partial charge in [0, 0.05) is 13.1 Å². The Kier molecular flexibility index (Phi) is 7.17. The first-order valence-corrected chi connectivity index (χ1v) is 12.3. The summed E-state index contributed by atoms with van der Waals surface area (Å²) in [5.74, 6) is -0.337. The molecule has 4 aromatic rings. The molecule has 168 valence electrons. The predicted molar refractivity (Wildman–Crippen MR) is 131 cm³/mol. The number of nitrogens with one attached hydrogen (secondary N) is 1. The molecule has 0 unspecified atom stereocenters. The Morgan fingerprint density at radius 1 is 0.758 bits per heavy atom. The van der Waals surface area contributed by atoms with E-state index in [1.165, 1.54) is 4.31 Å². The highest BCUT2D eigenvalue weighted by Gasteiger charge is 2.26. The van der Waals surface area contributed by atoms with Gasteiger partial charge in [-0.15, -0.1) is 0 Å². The molecule has 0 spiro atoms. The van der Waals surface area contributed by atoms with E-state index in [0.29, 0.717) is 13.0 Å². The van der Waals surface area contributed by atoms with Gasteiger partial charge in [-0.05, 0) is 40.5 Å². The lowest BCUT2D eigenvalue weighted by Gasteiger charge is -2.22. The van der Waals surface area contributed by atoms with Crippen LogP contribution < -0.4 is 5.32 Å². The Bertz CT molecular complexity index is 1320. The van der Waals surface area contributed by atoms with Crippen LogP contribution in [0, 0.1) is 0 Å². The van der Waals surface area contributed by atoms with Gasteiger partial charge >= 0.3 is 0 Å². The molecule has 0 saturated carbocycles. The van der Waals surface area contributed by atoms with Crippen LogP contribution in [0.1, 0.15) is 11.1 Å². The van der Waals surface area contributed by atoms with E-state index in [-0.39, 0.29) is 23.9 Å². The number of fused-ring (bicyclic) bond motifs is 1. The number of benzene rings is 4. The van der Waals surface area contributed by atoms with E-state index >= 15 is 0 Å². The maximum atomic E-state index is 13.3. The van der Waals surface area contributed by atoms with E-state index in [2.05, 4.69) is 5.32 Å². The molecule has 4 rings (SSSR count). The highest BCUT2D eigenvalue weighted by atomic mass is 32.2. The molecule has 0 heterocycles. The van der Waals surface area contributed by atoms with E-state index in [1.807, 2.05) is 72.8 Å². The average molecular weight is 459 g/mol. The van der Waals surface area contributed by atoms with Crippen LogP contribution in [0.3, 0.4) is 0 Å². The summed E-state index contributed by atoms with van der Waals surface area (Å²) < 4.78 is 27.8. The molecule has 0 aliphatic heterocycles. The van der Waals surface area contributed by atoms with Crippen LogP contribution in [0.2, 0.25) is 0 Å². The molecule has 0 fully saturated rings. The van der Waals surface area contributed by atoms with Crippen LogP contribution in [0.5, 0.6) is 0 Å². The first-order chi connectivity index (χ1) is 16.0. The van der Waals surface area contributed by atoms with Gasteiger partial charge in [-0.25, -0.2) is 8.42 Å². The fourth-order valence-corrected chi connectivity index (χ4v) is 5.20. The van der Waals surface area contributed by atoms with Crippen molar-refractivity contribution < 1.29 is 13.2 Å². The van der Waals surface area contributed by atoms with Gasteiger partial charge in [0.25, 0.3) is 0 Å². The van der Waals surface area contributed by atoms with Crippen LogP contribution in [-0.4, -0.2) is 31.7 Å². The lowest BCUT2D eigenvalue weighted by atomic mass is 10.0. The van der Waals surface area contributed by atoms with Gasteiger partial charge in [0.2, 0.25) is 15.9 Å². The number of hydrogen-bond donors (Lipinski definition) is 1. The van der Waals surface area contributed by atoms with Crippen LogP contribution >= 0.6 is 0 Å². The number of carbonyl (C=O) groups excluding carboxylic acids is 1. The summed E-state index contributed by atoms with van der Waals surface area (Å²) >= 11 is 0. The molecular formula is C27H26N2O3S. The summed E-state index contributed by atoms with van der Waals surface area (Å²) in [6.45, 7) is 0.301. The second-order valence-electron chi connectivity index (χ2n) is 7.80. The number of carbonyl (C=O) groups is 1. The number of hydrogen-bond acceptors (Lipinski definition) is 3. The molecule has 0 aliphatic carbocycles. The van der Waals surface area contributed by atoms with Crippen molar-refractivity contribution in [2.75, 3.05) is 13.1 Å². The third kappa shape index (κ3) is 5.66. The molecule has 1 amide bonds. The van der Waals surface area contributed by atoms with E-state index in [9.17, 15) is 13.2 Å². The van der Waals surface area contributed by atoms with Crippen LogP contribution in [-0.2, 0) is 27.8 Å². The largest absolute Gasteiger partial charge is 0.351 e. The van der Waals surface area contributed by atoms with Crippen molar-refractivity contribution in [1.29, 1.82) is 0 Å². The minimum Gasteiger partial charge on any atom is -0.351 e. The minimum absolute atomic E-state index is 0.180. The summed E-state index contributed by atoms with van der Waals surface area (Å²) in [5.41, 5.74) is 2.00. The number of amides is 1. The Hall–Kier alpha value is -3.48. The van der Waals surface area contributed by atoms with Gasteiger partial charge in [0.05, 0.1) is 11.4 Å². The molecule has 0 atom stereocenters. The van der Waals surface area contributed by atoms with E-state index in [4.69, 9.17) is 0 Å². The topological polar surface area (TPSA) is 66.5 Å². The summed E-state index contributed by atoms with van der Waals surface area (Å²) in [4.78, 5) is 13.0. The van der Waals surface area contributed by atoms with Crippen molar-refractivity contribution in [2.45, 2.75) is 17.9 Å². The van der Waals surface area contributed by atoms with Gasteiger partial charge in [-0.1, -0.05) is 91.0 Å². The minimum atomic E-state index is -3.81. The van der Waals surface area contributed by atoms with E-state index < -0.39 is 10.0 Å². The second kappa shape index (κ2) is 10.4. The van der Waals surface area contributed by atoms with Crippen molar-refractivity contribution >= 4 is 26.7 Å². The third-order valence-electron chi connectivity index (χ3n) is 5.55. The molecule has 5 nitrogen and oxygen atoms in total. The molecule has 0 saturated heterocycles. The molecular weight excluding hydrogens is 432 g/mol. The standard InChI is InChI=1S/C27H26N2O3S/c30-27(28-20-24-14-9-13-23-12-7-8-17-26(23)24)21-29(19-18-22-10-3-1-4-11-22)33(31,32)25-15-5-2-6-16-25/h1-17H,18-21H2,(H,28,30). The van der Waals surface area contributed by atoms with Crippen LogP contribution in [0.25, 0.3) is 10.8 Å². The van der Waals surface area contributed by atoms with Crippen molar-refractivity contribution in [3.05, 3.63) is 114 Å². The summed E-state index contributed by atoms with van der Waals surface area (Å²) in [7, 11) is -3.81. The summed E-state index contributed by atoms with van der Waals surface area (Å²) in [6.07, 6.45) is 0.517. The first-order valence-electron chi connectivity index (χ1n) is 10.9. The number of rotatable bonds is 9. The Labute approximate surface area is 194 Å². The Morgan fingerprint density at radius 3 is 2.15 bits per heavy atom. The van der Waals surface area contributed by atoms with Gasteiger partial charge in [-0.2, -0.15) is 4.31 Å². The van der Waals surface area contributed by atoms with Crippen LogP contribution in [0.4, 0.5) is 0 Å². The molecule has 0 aliphatic rings. The fraction of sp³-hybridized carbons (Fsp3) is 0.148. The third-order valence-corrected chi connectivity index (χ3v) is 7.41. The molecule has 6 heteroatoms. The van der Waals surface area contributed by atoms with Gasteiger partial charge < -0.3 is 5.32 Å². The smallest absolute Gasteiger partial charge is 0.243 e. The molecule has 0 bridgehead atoms. The van der Waals surface area contributed by atoms with E-state index in [1.54, 1.807) is 30.3 Å². The highest BCUT2D eigenvalue weighted by molar-refractivity contribution is 7.89. The van der Waals surface area contributed by atoms with Crippen molar-refractivity contribution in [3.63, 3.8) is 0 Å². The summed E-state index contributed by atoms with van der Waals surface area (Å²) in [6, 6.07) is 31.8. The van der Waals surface area contributed by atoms with E-state index in [0.717, 1.165) is 21.9 Å². The first kappa shape index (κ1) is 22.7. The van der Waals surface area contributed by atoms with Crippen molar-refractivity contribution in [2.24, 2.45) is 0 Å². The molecule has 0 aromatic heterocycles. The van der Waals surface area contributed by atoms with Gasteiger partial charge in [0.15, 0.2) is 0 Å². The lowest BCUT2D eigenvalue weighted by Crippen LogP contribution is -2.41. The highest BCUT2D eigenvalue weighted by Crippen LogP contribution is 2.19. The van der Waals surface area contributed by atoms with Crippen molar-refractivity contribution in [1.82, 2.24) is 9.62 Å². The SMILES string of the molecule is O=C(CN(CCc1ccccc1)S(=O)(=O)c1ccccc1)NCc1cccc2ccccc12. The molecule has 0 radical (unpaired) electrons. The predicted octanol–water partition coefficient (Wildman–Crippen LogP) is 4.39. The zero-order valence-corrected chi connectivity index (χ0v) is 19.0. The Balaban J connectivity index is 1.49. The molecule has 4 aromatic carbocycles. The molecule has 33 heavy (non-hydrogen) atoms. The maximum absolute atomic E-state index is 13.3. The Morgan fingerprint density at radius 2 is 1.39 bits per heavy atom. The number of nitrogens with zero attached hydrogens (tertiary/aromatic N) is 1.